The summed E-state index contributed by atoms with van der Waals surface area (Å²) >= 11 is 0. The van der Waals surface area contributed by atoms with Crippen molar-refractivity contribution in [3.8, 4) is 0 Å². The molecule has 0 bridgehead atoms. The van der Waals surface area contributed by atoms with Gasteiger partial charge in [0.1, 0.15) is 0 Å². The first kappa shape index (κ1) is 12.7. The van der Waals surface area contributed by atoms with E-state index < -0.39 is 0 Å². The number of nitrogens with one attached hydrogen (secondary N) is 1. The second-order valence-corrected chi connectivity index (χ2v) is 5.00. The fourth-order valence-electron chi connectivity index (χ4n) is 0.897. The normalized spacial score (nSPS) is 14.2. The Bertz CT molecular complexity index is 153. The SMILES string of the molecule is C=C(CC)CNCC(C)C(C)(C)C. The smallest absolute Gasteiger partial charge is 0.0161 e. The van der Waals surface area contributed by atoms with Crippen molar-refractivity contribution in [2.45, 2.75) is 41.0 Å². The van der Waals surface area contributed by atoms with Crippen molar-refractivity contribution < 1.29 is 0 Å². The third-order valence-electron chi connectivity index (χ3n) is 2.80. The summed E-state index contributed by atoms with van der Waals surface area (Å²) in [4.78, 5) is 0. The molecule has 0 aliphatic heterocycles. The van der Waals surface area contributed by atoms with Crippen LogP contribution in [0, 0.1) is 11.3 Å². The van der Waals surface area contributed by atoms with Crippen LogP contribution in [-0.2, 0) is 0 Å². The van der Waals surface area contributed by atoms with E-state index in [0.29, 0.717) is 11.3 Å². The molecule has 13 heavy (non-hydrogen) atoms. The van der Waals surface area contributed by atoms with Gasteiger partial charge in [0.25, 0.3) is 0 Å². The van der Waals surface area contributed by atoms with Gasteiger partial charge in [0.15, 0.2) is 0 Å². The average molecular weight is 183 g/mol. The van der Waals surface area contributed by atoms with E-state index in [4.69, 9.17) is 0 Å². The van der Waals surface area contributed by atoms with Crippen LogP contribution in [0.25, 0.3) is 0 Å². The van der Waals surface area contributed by atoms with Crippen molar-refractivity contribution in [2.24, 2.45) is 11.3 Å². The molecule has 0 aromatic carbocycles. The van der Waals surface area contributed by atoms with Gasteiger partial charge >= 0.3 is 0 Å². The Morgan fingerprint density at radius 3 is 2.31 bits per heavy atom. The first-order chi connectivity index (χ1) is 5.88. The highest BCUT2D eigenvalue weighted by Gasteiger charge is 2.18. The highest BCUT2D eigenvalue weighted by atomic mass is 14.9. The second-order valence-electron chi connectivity index (χ2n) is 5.00. The minimum atomic E-state index is 0.403. The second kappa shape index (κ2) is 5.43. The summed E-state index contributed by atoms with van der Waals surface area (Å²) in [6, 6.07) is 0. The van der Waals surface area contributed by atoms with Crippen LogP contribution in [0.2, 0.25) is 0 Å². The zero-order valence-corrected chi connectivity index (χ0v) is 9.91. The van der Waals surface area contributed by atoms with E-state index in [1.165, 1.54) is 5.57 Å². The monoisotopic (exact) mass is 183 g/mol. The highest BCUT2D eigenvalue weighted by Crippen LogP contribution is 2.24. The van der Waals surface area contributed by atoms with Crippen LogP contribution in [0.5, 0.6) is 0 Å². The Labute approximate surface area is 83.6 Å². The molecule has 0 fully saturated rings. The third kappa shape index (κ3) is 5.87. The van der Waals surface area contributed by atoms with Crippen molar-refractivity contribution >= 4 is 0 Å². The Hall–Kier alpha value is -0.300. The molecule has 1 N–H and O–H groups in total. The molecule has 1 heteroatoms. The molecule has 1 atom stereocenters. The molecule has 0 aliphatic rings. The molecule has 0 heterocycles. The molecule has 0 spiro atoms. The van der Waals surface area contributed by atoms with Gasteiger partial charge in [-0.15, -0.1) is 0 Å². The first-order valence-corrected chi connectivity index (χ1v) is 5.25. The highest BCUT2D eigenvalue weighted by molar-refractivity contribution is 4.95. The quantitative estimate of drug-likeness (QED) is 0.645. The van der Waals surface area contributed by atoms with Crippen molar-refractivity contribution in [1.82, 2.24) is 5.32 Å². The molecule has 0 aromatic heterocycles. The van der Waals surface area contributed by atoms with Crippen LogP contribution < -0.4 is 5.32 Å². The summed E-state index contributed by atoms with van der Waals surface area (Å²) in [5.74, 6) is 0.706. The minimum absolute atomic E-state index is 0.403. The largest absolute Gasteiger partial charge is 0.313 e. The lowest BCUT2D eigenvalue weighted by atomic mass is 9.82. The molecule has 1 unspecified atom stereocenters. The van der Waals surface area contributed by atoms with Gasteiger partial charge in [-0.25, -0.2) is 0 Å². The van der Waals surface area contributed by atoms with Crippen molar-refractivity contribution in [2.75, 3.05) is 13.1 Å². The molecule has 78 valence electrons. The van der Waals surface area contributed by atoms with E-state index in [1.807, 2.05) is 0 Å². The van der Waals surface area contributed by atoms with Crippen molar-refractivity contribution in [3.05, 3.63) is 12.2 Å². The maximum atomic E-state index is 3.97. The Balaban J connectivity index is 3.60. The molecule has 1 nitrogen and oxygen atoms in total. The number of hydrogen-bond donors (Lipinski definition) is 1. The van der Waals surface area contributed by atoms with Gasteiger partial charge in [-0.3, -0.25) is 0 Å². The Morgan fingerprint density at radius 1 is 1.38 bits per heavy atom. The maximum Gasteiger partial charge on any atom is 0.0161 e. The van der Waals surface area contributed by atoms with Crippen molar-refractivity contribution in [3.63, 3.8) is 0 Å². The molecule has 0 saturated heterocycles. The fourth-order valence-corrected chi connectivity index (χ4v) is 0.897. The lowest BCUT2D eigenvalue weighted by Crippen LogP contribution is -2.30. The van der Waals surface area contributed by atoms with E-state index in [-0.39, 0.29) is 0 Å². The molecule has 0 amide bonds. The molecular weight excluding hydrogens is 158 g/mol. The molecule has 0 aromatic rings. The van der Waals surface area contributed by atoms with Gasteiger partial charge in [0.2, 0.25) is 0 Å². The summed E-state index contributed by atoms with van der Waals surface area (Å²) in [5, 5.41) is 3.44. The van der Waals surface area contributed by atoms with Crippen molar-refractivity contribution in [1.29, 1.82) is 0 Å². The first-order valence-electron chi connectivity index (χ1n) is 5.25. The molecule has 0 radical (unpaired) electrons. The third-order valence-corrected chi connectivity index (χ3v) is 2.80. The van der Waals surface area contributed by atoms with Crippen LogP contribution >= 0.6 is 0 Å². The average Bonchev–Trinajstić information content (AvgIpc) is 2.02. The van der Waals surface area contributed by atoms with E-state index in [2.05, 4.69) is 46.5 Å². The maximum absolute atomic E-state index is 3.97. The van der Waals surface area contributed by atoms with Gasteiger partial charge < -0.3 is 5.32 Å². The van der Waals surface area contributed by atoms with Gasteiger partial charge in [-0.2, -0.15) is 0 Å². The van der Waals surface area contributed by atoms with Crippen LogP contribution in [0.15, 0.2) is 12.2 Å². The summed E-state index contributed by atoms with van der Waals surface area (Å²) < 4.78 is 0. The molecular formula is C12H25N. The van der Waals surface area contributed by atoms with E-state index in [9.17, 15) is 0 Å². The number of hydrogen-bond acceptors (Lipinski definition) is 1. The molecule has 0 saturated carbocycles. The summed E-state index contributed by atoms with van der Waals surface area (Å²) in [7, 11) is 0. The van der Waals surface area contributed by atoms with E-state index in [0.717, 1.165) is 19.5 Å². The topological polar surface area (TPSA) is 12.0 Å². The standard InChI is InChI=1S/C12H25N/c1-7-10(2)8-13-9-11(3)12(4,5)6/h11,13H,2,7-9H2,1,3-6H3. The Kier molecular flexibility index (Phi) is 5.31. The van der Waals surface area contributed by atoms with E-state index in [1.54, 1.807) is 0 Å². The van der Waals surface area contributed by atoms with Crippen LogP contribution in [0.3, 0.4) is 0 Å². The molecule has 0 aliphatic carbocycles. The van der Waals surface area contributed by atoms with Gasteiger partial charge in [0, 0.05) is 6.54 Å². The Morgan fingerprint density at radius 2 is 1.92 bits per heavy atom. The lowest BCUT2D eigenvalue weighted by molar-refractivity contribution is 0.255. The number of rotatable bonds is 5. The van der Waals surface area contributed by atoms with Gasteiger partial charge in [0.05, 0.1) is 0 Å². The summed E-state index contributed by atoms with van der Waals surface area (Å²) in [5.41, 5.74) is 1.70. The van der Waals surface area contributed by atoms with Crippen LogP contribution in [-0.4, -0.2) is 13.1 Å². The summed E-state index contributed by atoms with van der Waals surface area (Å²) in [6.07, 6.45) is 1.08. The van der Waals surface area contributed by atoms with Gasteiger partial charge in [-0.1, -0.05) is 46.8 Å². The van der Waals surface area contributed by atoms with Crippen LogP contribution in [0.4, 0.5) is 0 Å². The van der Waals surface area contributed by atoms with Gasteiger partial charge in [-0.05, 0) is 24.3 Å². The zero-order chi connectivity index (χ0) is 10.5. The predicted octanol–water partition coefficient (Wildman–Crippen LogP) is 3.22. The van der Waals surface area contributed by atoms with E-state index >= 15 is 0 Å². The zero-order valence-electron chi connectivity index (χ0n) is 9.91. The minimum Gasteiger partial charge on any atom is -0.313 e. The van der Waals surface area contributed by atoms with Crippen LogP contribution in [0.1, 0.15) is 41.0 Å². The fraction of sp³-hybridized carbons (Fsp3) is 0.833. The predicted molar refractivity (Wildman–Crippen MR) is 60.9 cm³/mol. The summed E-state index contributed by atoms with van der Waals surface area (Å²) in [6.45, 7) is 17.3. The lowest BCUT2D eigenvalue weighted by Gasteiger charge is -2.27. The molecule has 0 rings (SSSR count).